The Morgan fingerprint density at radius 1 is 1.77 bits per heavy atom. The van der Waals surface area contributed by atoms with E-state index in [4.69, 9.17) is 5.11 Å². The van der Waals surface area contributed by atoms with Crippen molar-refractivity contribution in [3.63, 3.8) is 0 Å². The lowest BCUT2D eigenvalue weighted by atomic mass is 10.3. The average Bonchev–Trinajstić information content (AvgIpc) is 2.03. The van der Waals surface area contributed by atoms with Crippen LogP contribution in [0.4, 0.5) is 5.69 Å². The second-order valence-corrected chi connectivity index (χ2v) is 2.90. The van der Waals surface area contributed by atoms with Gasteiger partial charge in [-0.15, -0.1) is 0 Å². The summed E-state index contributed by atoms with van der Waals surface area (Å²) in [5.41, 5.74) is 0.437. The Kier molecular flexibility index (Phi) is 3.45. The molecule has 1 unspecified atom stereocenters. The molecule has 0 radical (unpaired) electrons. The molecule has 0 spiro atoms. The summed E-state index contributed by atoms with van der Waals surface area (Å²) >= 11 is 0. The predicted octanol–water partition coefficient (Wildman–Crippen LogP) is -0.0473. The van der Waals surface area contributed by atoms with Gasteiger partial charge in [0.25, 0.3) is 5.56 Å². The smallest absolute Gasteiger partial charge is 0.266 e. The SMILES string of the molecule is CC(O)CCNc1cn[nH]c(=O)c1. The number of hydrogen-bond donors (Lipinski definition) is 3. The van der Waals surface area contributed by atoms with Crippen molar-refractivity contribution in [1.82, 2.24) is 10.2 Å². The first-order valence-corrected chi connectivity index (χ1v) is 4.15. The maximum Gasteiger partial charge on any atom is 0.266 e. The molecule has 0 saturated carbocycles. The summed E-state index contributed by atoms with van der Waals surface area (Å²) in [6.07, 6.45) is 1.85. The van der Waals surface area contributed by atoms with Gasteiger partial charge in [-0.2, -0.15) is 5.10 Å². The molecule has 13 heavy (non-hydrogen) atoms. The zero-order valence-corrected chi connectivity index (χ0v) is 7.45. The maximum atomic E-state index is 10.8. The van der Waals surface area contributed by atoms with Gasteiger partial charge in [0.2, 0.25) is 0 Å². The number of nitrogens with one attached hydrogen (secondary N) is 2. The van der Waals surface area contributed by atoms with Crippen molar-refractivity contribution in [3.8, 4) is 0 Å². The summed E-state index contributed by atoms with van der Waals surface area (Å²) in [6.45, 7) is 2.35. The van der Waals surface area contributed by atoms with E-state index in [1.165, 1.54) is 12.3 Å². The number of nitrogens with zero attached hydrogens (tertiary/aromatic N) is 1. The fourth-order valence-electron chi connectivity index (χ4n) is 0.898. The number of aliphatic hydroxyl groups is 1. The Bertz CT molecular complexity index is 308. The van der Waals surface area contributed by atoms with Gasteiger partial charge in [-0.05, 0) is 13.3 Å². The van der Waals surface area contributed by atoms with Crippen LogP contribution in [0.15, 0.2) is 17.1 Å². The van der Waals surface area contributed by atoms with Gasteiger partial charge in [-0.25, -0.2) is 5.10 Å². The van der Waals surface area contributed by atoms with Gasteiger partial charge in [0.15, 0.2) is 0 Å². The van der Waals surface area contributed by atoms with Crippen LogP contribution >= 0.6 is 0 Å². The van der Waals surface area contributed by atoms with E-state index in [1.54, 1.807) is 6.92 Å². The van der Waals surface area contributed by atoms with Crippen LogP contribution < -0.4 is 10.9 Å². The number of aromatic amines is 1. The van der Waals surface area contributed by atoms with Crippen LogP contribution in [0, 0.1) is 0 Å². The highest BCUT2D eigenvalue weighted by atomic mass is 16.3. The first kappa shape index (κ1) is 9.73. The largest absolute Gasteiger partial charge is 0.393 e. The number of H-pyrrole nitrogens is 1. The Balaban J connectivity index is 2.41. The fraction of sp³-hybridized carbons (Fsp3) is 0.500. The lowest BCUT2D eigenvalue weighted by molar-refractivity contribution is 0.189. The molecule has 0 saturated heterocycles. The van der Waals surface area contributed by atoms with E-state index in [9.17, 15) is 4.79 Å². The van der Waals surface area contributed by atoms with Crippen LogP contribution in [0.25, 0.3) is 0 Å². The van der Waals surface area contributed by atoms with Crippen molar-refractivity contribution in [3.05, 3.63) is 22.6 Å². The van der Waals surface area contributed by atoms with Crippen LogP contribution in [-0.4, -0.2) is 28.0 Å². The molecule has 0 amide bonds. The van der Waals surface area contributed by atoms with Gasteiger partial charge < -0.3 is 10.4 Å². The van der Waals surface area contributed by atoms with E-state index in [-0.39, 0.29) is 11.7 Å². The summed E-state index contributed by atoms with van der Waals surface area (Å²) < 4.78 is 0. The molecule has 0 bridgehead atoms. The van der Waals surface area contributed by atoms with Crippen molar-refractivity contribution in [2.45, 2.75) is 19.4 Å². The van der Waals surface area contributed by atoms with Gasteiger partial charge in [0.05, 0.1) is 18.0 Å². The first-order chi connectivity index (χ1) is 6.18. The van der Waals surface area contributed by atoms with Gasteiger partial charge in [0.1, 0.15) is 0 Å². The predicted molar refractivity (Wildman–Crippen MR) is 49.6 cm³/mol. The third-order valence-electron chi connectivity index (χ3n) is 1.56. The minimum Gasteiger partial charge on any atom is -0.393 e. The Morgan fingerprint density at radius 2 is 2.54 bits per heavy atom. The normalized spacial score (nSPS) is 12.5. The molecule has 0 aliphatic rings. The van der Waals surface area contributed by atoms with Gasteiger partial charge in [0, 0.05) is 12.6 Å². The van der Waals surface area contributed by atoms with Crippen molar-refractivity contribution >= 4 is 5.69 Å². The molecule has 1 heterocycles. The summed E-state index contributed by atoms with van der Waals surface area (Å²) in [5.74, 6) is 0. The molecule has 5 nitrogen and oxygen atoms in total. The zero-order chi connectivity index (χ0) is 9.68. The lowest BCUT2D eigenvalue weighted by Crippen LogP contribution is -2.13. The number of rotatable bonds is 4. The number of anilines is 1. The Hall–Kier alpha value is -1.36. The quantitative estimate of drug-likeness (QED) is 0.611. The van der Waals surface area contributed by atoms with E-state index in [1.807, 2.05) is 0 Å². The Morgan fingerprint density at radius 3 is 3.15 bits per heavy atom. The summed E-state index contributed by atoms with van der Waals surface area (Å²) in [5, 5.41) is 17.8. The second-order valence-electron chi connectivity index (χ2n) is 2.90. The second kappa shape index (κ2) is 4.61. The van der Waals surface area contributed by atoms with E-state index >= 15 is 0 Å². The molecular weight excluding hydrogens is 170 g/mol. The minimum atomic E-state index is -0.331. The molecule has 1 rings (SSSR count). The van der Waals surface area contributed by atoms with Gasteiger partial charge >= 0.3 is 0 Å². The summed E-state index contributed by atoms with van der Waals surface area (Å²) in [6, 6.07) is 1.43. The van der Waals surface area contributed by atoms with Gasteiger partial charge in [-0.3, -0.25) is 4.79 Å². The van der Waals surface area contributed by atoms with Crippen LogP contribution in [0.2, 0.25) is 0 Å². The number of aromatic nitrogens is 2. The van der Waals surface area contributed by atoms with Gasteiger partial charge in [-0.1, -0.05) is 0 Å². The van der Waals surface area contributed by atoms with Crippen molar-refractivity contribution < 1.29 is 5.11 Å². The van der Waals surface area contributed by atoms with Crippen LogP contribution in [0.3, 0.4) is 0 Å². The molecule has 5 heteroatoms. The van der Waals surface area contributed by atoms with Crippen molar-refractivity contribution in [1.29, 1.82) is 0 Å². The molecule has 3 N–H and O–H groups in total. The Labute approximate surface area is 75.8 Å². The van der Waals surface area contributed by atoms with Crippen LogP contribution in [-0.2, 0) is 0 Å². The fourth-order valence-corrected chi connectivity index (χ4v) is 0.898. The van der Waals surface area contributed by atoms with E-state index in [0.717, 1.165) is 0 Å². The molecule has 1 atom stereocenters. The molecule has 1 aromatic heterocycles. The third kappa shape index (κ3) is 3.71. The monoisotopic (exact) mass is 183 g/mol. The highest BCUT2D eigenvalue weighted by Crippen LogP contribution is 1.99. The third-order valence-corrected chi connectivity index (χ3v) is 1.56. The summed E-state index contributed by atoms with van der Waals surface area (Å²) in [7, 11) is 0. The molecule has 1 aromatic rings. The molecule has 72 valence electrons. The first-order valence-electron chi connectivity index (χ1n) is 4.15. The van der Waals surface area contributed by atoms with Crippen LogP contribution in [0.1, 0.15) is 13.3 Å². The topological polar surface area (TPSA) is 78.0 Å². The lowest BCUT2D eigenvalue weighted by Gasteiger charge is -2.06. The van der Waals surface area contributed by atoms with Crippen molar-refractivity contribution in [2.24, 2.45) is 0 Å². The molecule has 0 aromatic carbocycles. The minimum absolute atomic E-state index is 0.234. The summed E-state index contributed by atoms with van der Waals surface area (Å²) in [4.78, 5) is 10.8. The molecular formula is C8H13N3O2. The van der Waals surface area contributed by atoms with E-state index in [2.05, 4.69) is 15.5 Å². The van der Waals surface area contributed by atoms with Crippen LogP contribution in [0.5, 0.6) is 0 Å². The highest BCUT2D eigenvalue weighted by Gasteiger charge is 1.96. The van der Waals surface area contributed by atoms with Crippen molar-refractivity contribution in [2.75, 3.05) is 11.9 Å². The maximum absolute atomic E-state index is 10.8. The number of aliphatic hydroxyl groups excluding tert-OH is 1. The molecule has 0 aliphatic carbocycles. The van der Waals surface area contributed by atoms with E-state index < -0.39 is 0 Å². The number of hydrogen-bond acceptors (Lipinski definition) is 4. The zero-order valence-electron chi connectivity index (χ0n) is 7.45. The highest BCUT2D eigenvalue weighted by molar-refractivity contribution is 5.38. The average molecular weight is 183 g/mol. The molecule has 0 fully saturated rings. The standard InChI is InChI=1S/C8H13N3O2/c1-6(12)2-3-9-7-4-8(13)11-10-5-7/h4-6,12H,2-3H2,1H3,(H2,9,11,13). The molecule has 0 aliphatic heterocycles. The van der Waals surface area contributed by atoms with E-state index in [0.29, 0.717) is 18.7 Å².